The Morgan fingerprint density at radius 1 is 0.812 bits per heavy atom. The van der Waals surface area contributed by atoms with E-state index in [2.05, 4.69) is 16.0 Å². The molecular formula is C24H23Cl2N3O3. The minimum absolute atomic E-state index is 0.156. The van der Waals surface area contributed by atoms with Gasteiger partial charge in [0.05, 0.1) is 15.7 Å². The first-order chi connectivity index (χ1) is 15.3. The first-order valence-electron chi connectivity index (χ1n) is 9.99. The number of urea groups is 1. The molecule has 0 saturated carbocycles. The second-order valence-corrected chi connectivity index (χ2v) is 8.14. The van der Waals surface area contributed by atoms with Gasteiger partial charge in [-0.05, 0) is 54.4 Å². The quantitative estimate of drug-likeness (QED) is 0.364. The van der Waals surface area contributed by atoms with Gasteiger partial charge in [0.25, 0.3) is 0 Å². The Kier molecular flexibility index (Phi) is 7.98. The number of hydrogen-bond acceptors (Lipinski definition) is 3. The molecule has 32 heavy (non-hydrogen) atoms. The Balaban J connectivity index is 1.61. The highest BCUT2D eigenvalue weighted by Crippen LogP contribution is 2.29. The molecule has 3 aromatic rings. The third kappa shape index (κ3) is 6.39. The molecule has 3 N–H and O–H groups in total. The van der Waals surface area contributed by atoms with Crippen molar-refractivity contribution in [2.45, 2.75) is 19.9 Å². The first kappa shape index (κ1) is 23.4. The maximum atomic E-state index is 12.8. The summed E-state index contributed by atoms with van der Waals surface area (Å²) in [6.45, 7) is 3.68. The van der Waals surface area contributed by atoms with Gasteiger partial charge in [0.1, 0.15) is 17.5 Å². The molecule has 0 aliphatic carbocycles. The second-order valence-electron chi connectivity index (χ2n) is 7.35. The van der Waals surface area contributed by atoms with E-state index in [0.29, 0.717) is 22.1 Å². The van der Waals surface area contributed by atoms with E-state index in [1.807, 2.05) is 44.2 Å². The number of carbonyl (C=O) groups excluding carboxylic acids is 2. The van der Waals surface area contributed by atoms with Gasteiger partial charge in [0.2, 0.25) is 5.91 Å². The van der Waals surface area contributed by atoms with Crippen LogP contribution in [0, 0.1) is 5.92 Å². The number of benzene rings is 3. The largest absolute Gasteiger partial charge is 0.457 e. The van der Waals surface area contributed by atoms with Gasteiger partial charge in [0, 0.05) is 5.69 Å². The molecule has 6 nitrogen and oxygen atoms in total. The van der Waals surface area contributed by atoms with Crippen LogP contribution in [0.2, 0.25) is 10.0 Å². The minimum Gasteiger partial charge on any atom is -0.457 e. The third-order valence-electron chi connectivity index (χ3n) is 4.54. The number of carbonyl (C=O) groups is 2. The summed E-state index contributed by atoms with van der Waals surface area (Å²) in [5.41, 5.74) is 0.940. The van der Waals surface area contributed by atoms with Crippen molar-refractivity contribution in [3.8, 4) is 11.5 Å². The predicted molar refractivity (Wildman–Crippen MR) is 129 cm³/mol. The minimum atomic E-state index is -0.770. The van der Waals surface area contributed by atoms with Crippen molar-refractivity contribution >= 4 is 46.5 Å². The van der Waals surface area contributed by atoms with Gasteiger partial charge in [0.15, 0.2) is 0 Å². The molecule has 1 unspecified atom stereocenters. The highest BCUT2D eigenvalue weighted by Gasteiger charge is 2.24. The number of nitrogens with one attached hydrogen (secondary N) is 3. The van der Waals surface area contributed by atoms with Crippen LogP contribution in [0.4, 0.5) is 16.2 Å². The Morgan fingerprint density at radius 3 is 2.12 bits per heavy atom. The summed E-state index contributed by atoms with van der Waals surface area (Å²) in [7, 11) is 0. The molecule has 0 fully saturated rings. The van der Waals surface area contributed by atoms with Crippen molar-refractivity contribution in [3.63, 3.8) is 0 Å². The Labute approximate surface area is 196 Å². The van der Waals surface area contributed by atoms with Crippen LogP contribution in [0.3, 0.4) is 0 Å². The predicted octanol–water partition coefficient (Wildman–Crippen LogP) is 6.57. The lowest BCUT2D eigenvalue weighted by atomic mass is 10.0. The Morgan fingerprint density at radius 2 is 1.47 bits per heavy atom. The van der Waals surface area contributed by atoms with Gasteiger partial charge in [-0.3, -0.25) is 4.79 Å². The van der Waals surface area contributed by atoms with E-state index in [0.717, 1.165) is 5.75 Å². The van der Waals surface area contributed by atoms with Crippen molar-refractivity contribution in [1.82, 2.24) is 5.32 Å². The van der Waals surface area contributed by atoms with Crippen molar-refractivity contribution in [3.05, 3.63) is 82.8 Å². The highest BCUT2D eigenvalue weighted by atomic mass is 35.5. The van der Waals surface area contributed by atoms with Crippen LogP contribution in [0.5, 0.6) is 11.5 Å². The number of anilines is 2. The number of halogens is 2. The zero-order valence-corrected chi connectivity index (χ0v) is 19.1. The number of ether oxygens (including phenoxy) is 1. The summed E-state index contributed by atoms with van der Waals surface area (Å²) < 4.78 is 5.75. The summed E-state index contributed by atoms with van der Waals surface area (Å²) in [6.07, 6.45) is 0. The Bertz CT molecular complexity index is 1070. The standard InChI is InChI=1S/C24H23Cl2N3O3/c1-15(2)22(29-24(31)28-20-10-6-9-19(25)21(20)26)23(30)27-16-11-13-18(14-12-16)32-17-7-4-3-5-8-17/h3-15,22H,1-2H3,(H,27,30)(H2,28,29,31). The average Bonchev–Trinajstić information content (AvgIpc) is 2.77. The van der Waals surface area contributed by atoms with Crippen molar-refractivity contribution in [1.29, 1.82) is 0 Å². The molecule has 0 spiro atoms. The van der Waals surface area contributed by atoms with Crippen LogP contribution in [0.25, 0.3) is 0 Å². The van der Waals surface area contributed by atoms with E-state index in [1.54, 1.807) is 42.5 Å². The second kappa shape index (κ2) is 10.9. The zero-order chi connectivity index (χ0) is 23.1. The monoisotopic (exact) mass is 471 g/mol. The van der Waals surface area contributed by atoms with Gasteiger partial charge in [-0.1, -0.05) is 61.3 Å². The molecule has 0 aliphatic rings. The fraction of sp³-hybridized carbons (Fsp3) is 0.167. The van der Waals surface area contributed by atoms with Crippen molar-refractivity contribution in [2.24, 2.45) is 5.92 Å². The molecule has 8 heteroatoms. The molecule has 1 atom stereocenters. The number of rotatable bonds is 7. The fourth-order valence-electron chi connectivity index (χ4n) is 2.89. The number of amides is 3. The van der Waals surface area contributed by atoms with Gasteiger partial charge in [-0.15, -0.1) is 0 Å². The van der Waals surface area contributed by atoms with Crippen LogP contribution in [0.15, 0.2) is 72.8 Å². The van der Waals surface area contributed by atoms with Crippen LogP contribution < -0.4 is 20.7 Å². The van der Waals surface area contributed by atoms with E-state index >= 15 is 0 Å². The van der Waals surface area contributed by atoms with Crippen molar-refractivity contribution in [2.75, 3.05) is 10.6 Å². The summed E-state index contributed by atoms with van der Waals surface area (Å²) in [5, 5.41) is 8.68. The van der Waals surface area contributed by atoms with Crippen LogP contribution >= 0.6 is 23.2 Å². The molecule has 0 aliphatic heterocycles. The molecule has 0 radical (unpaired) electrons. The Hall–Kier alpha value is -3.22. The van der Waals surface area contributed by atoms with Gasteiger partial charge in [-0.25, -0.2) is 4.79 Å². The summed E-state index contributed by atoms with van der Waals surface area (Å²) in [5.74, 6) is 0.866. The molecule has 0 heterocycles. The maximum absolute atomic E-state index is 12.8. The van der Waals surface area contributed by atoms with E-state index in [9.17, 15) is 9.59 Å². The molecule has 3 amide bonds. The van der Waals surface area contributed by atoms with Gasteiger partial charge in [-0.2, -0.15) is 0 Å². The van der Waals surface area contributed by atoms with Crippen LogP contribution in [-0.2, 0) is 4.79 Å². The normalized spacial score (nSPS) is 11.5. The summed E-state index contributed by atoms with van der Waals surface area (Å²) in [4.78, 5) is 25.3. The summed E-state index contributed by atoms with van der Waals surface area (Å²) >= 11 is 12.1. The van der Waals surface area contributed by atoms with Gasteiger partial charge >= 0.3 is 6.03 Å². The zero-order valence-electron chi connectivity index (χ0n) is 17.6. The fourth-order valence-corrected chi connectivity index (χ4v) is 3.23. The van der Waals surface area contributed by atoms with Gasteiger partial charge < -0.3 is 20.7 Å². The lowest BCUT2D eigenvalue weighted by Crippen LogP contribution is -2.48. The lowest BCUT2D eigenvalue weighted by Gasteiger charge is -2.22. The molecule has 3 aromatic carbocycles. The van der Waals surface area contributed by atoms with Crippen molar-refractivity contribution < 1.29 is 14.3 Å². The topological polar surface area (TPSA) is 79.5 Å². The molecule has 3 rings (SSSR count). The first-order valence-corrected chi connectivity index (χ1v) is 10.7. The maximum Gasteiger partial charge on any atom is 0.319 e. The summed E-state index contributed by atoms with van der Waals surface area (Å²) in [6, 6.07) is 20.0. The highest BCUT2D eigenvalue weighted by molar-refractivity contribution is 6.44. The number of hydrogen-bond donors (Lipinski definition) is 3. The van der Waals surface area contributed by atoms with Crippen LogP contribution in [-0.4, -0.2) is 18.0 Å². The molecule has 0 aromatic heterocycles. The molecule has 166 valence electrons. The van der Waals surface area contributed by atoms with E-state index in [1.165, 1.54) is 0 Å². The molecule has 0 bridgehead atoms. The van der Waals surface area contributed by atoms with Crippen LogP contribution in [0.1, 0.15) is 13.8 Å². The third-order valence-corrected chi connectivity index (χ3v) is 5.36. The molecule has 0 saturated heterocycles. The molecular weight excluding hydrogens is 449 g/mol. The average molecular weight is 472 g/mol. The number of para-hydroxylation sites is 1. The lowest BCUT2D eigenvalue weighted by molar-refractivity contribution is -0.118. The SMILES string of the molecule is CC(C)C(NC(=O)Nc1cccc(Cl)c1Cl)C(=O)Nc1ccc(Oc2ccccc2)cc1. The van der Waals surface area contributed by atoms with E-state index in [-0.39, 0.29) is 16.8 Å². The smallest absolute Gasteiger partial charge is 0.319 e. The van der Waals surface area contributed by atoms with E-state index < -0.39 is 12.1 Å². The van der Waals surface area contributed by atoms with E-state index in [4.69, 9.17) is 27.9 Å².